The van der Waals surface area contributed by atoms with E-state index in [1.54, 1.807) is 13.8 Å². The predicted octanol–water partition coefficient (Wildman–Crippen LogP) is -0.554. The van der Waals surface area contributed by atoms with E-state index in [1.807, 2.05) is 4.98 Å². The molecule has 0 radical (unpaired) electrons. The number of carboxylic acid groups (broad SMARTS) is 1. The van der Waals surface area contributed by atoms with Gasteiger partial charge in [0.25, 0.3) is 5.56 Å². The van der Waals surface area contributed by atoms with Crippen LogP contribution in [0.4, 0.5) is 0 Å². The van der Waals surface area contributed by atoms with Gasteiger partial charge in [-0.1, -0.05) is 71.6 Å². The Bertz CT molecular complexity index is 2240. The minimum Gasteiger partial charge on any atom is -0.480 e. The maximum absolute atomic E-state index is 14.7. The number of esters is 3. The van der Waals surface area contributed by atoms with E-state index in [2.05, 4.69) is 6.92 Å². The van der Waals surface area contributed by atoms with Crippen LogP contribution in [0.1, 0.15) is 117 Å². The second kappa shape index (κ2) is 31.1. The molecule has 0 bridgehead atoms. The fourth-order valence-corrected chi connectivity index (χ4v) is 10.8. The van der Waals surface area contributed by atoms with Crippen molar-refractivity contribution in [2.75, 3.05) is 48.5 Å². The Balaban J connectivity index is 1.33. The van der Waals surface area contributed by atoms with Gasteiger partial charge in [0, 0.05) is 66.6 Å². The third-order valence-electron chi connectivity index (χ3n) is 15.1. The lowest BCUT2D eigenvalue weighted by Gasteiger charge is -2.43. The number of H-pyrrole nitrogens is 1. The molecule has 4 saturated heterocycles. The van der Waals surface area contributed by atoms with Gasteiger partial charge in [0.05, 0.1) is 12.5 Å². The Labute approximate surface area is 459 Å². The summed E-state index contributed by atoms with van der Waals surface area (Å²) in [7, 11) is 6.87. The fraction of sp³-hybridized carbons (Fsp3) is 0.827. The van der Waals surface area contributed by atoms with Crippen LogP contribution in [0.25, 0.3) is 0 Å². The van der Waals surface area contributed by atoms with Crippen molar-refractivity contribution in [3.8, 4) is 0 Å². The van der Waals surface area contributed by atoms with Gasteiger partial charge >= 0.3 is 29.6 Å². The molecule has 27 heteroatoms. The molecule has 1 unspecified atom stereocenters. The van der Waals surface area contributed by atoms with Crippen LogP contribution < -0.4 is 17.0 Å². The Morgan fingerprint density at radius 3 is 1.95 bits per heavy atom. The molecule has 1 amide bonds. The van der Waals surface area contributed by atoms with Crippen LogP contribution in [-0.2, 0) is 71.3 Å². The maximum Gasteiger partial charge on any atom is 0.330 e. The predicted molar refractivity (Wildman–Crippen MR) is 275 cm³/mol. The molecule has 0 spiro atoms. The van der Waals surface area contributed by atoms with Crippen LogP contribution in [0.3, 0.4) is 0 Å². The van der Waals surface area contributed by atoms with Gasteiger partial charge in [0.2, 0.25) is 12.2 Å². The number of rotatable bonds is 30. The topological polar surface area (TPSA) is 366 Å². The number of aliphatic carboxylic acids is 1. The maximum atomic E-state index is 14.7. The summed E-state index contributed by atoms with van der Waals surface area (Å²) in [4.78, 5) is 97.5. The van der Waals surface area contributed by atoms with Crippen molar-refractivity contribution >= 4 is 29.8 Å². The molecule has 4 fully saturated rings. The third-order valence-corrected chi connectivity index (χ3v) is 15.1. The summed E-state index contributed by atoms with van der Waals surface area (Å²) < 4.78 is 58.7. The number of carbonyl (C=O) groups excluding carboxylic acids is 4. The summed E-state index contributed by atoms with van der Waals surface area (Å²) in [5, 5.41) is 55.2. The first-order valence-corrected chi connectivity index (χ1v) is 27.3. The molecule has 0 aliphatic carbocycles. The average molecular weight is 1130 g/mol. The number of ether oxygens (including phenoxy) is 10. The Morgan fingerprint density at radius 1 is 0.759 bits per heavy atom. The molecule has 0 saturated carbocycles. The van der Waals surface area contributed by atoms with E-state index < -0.39 is 170 Å². The van der Waals surface area contributed by atoms with Crippen LogP contribution in [-0.4, -0.2) is 227 Å². The number of hydrogen-bond donors (Lipinski definition) is 7. The number of aliphatic hydroxyl groups excluding tert-OH is 4. The first kappa shape index (κ1) is 65.3. The van der Waals surface area contributed by atoms with E-state index >= 15 is 0 Å². The van der Waals surface area contributed by atoms with Gasteiger partial charge in [0.1, 0.15) is 79.3 Å². The lowest BCUT2D eigenvalue weighted by Crippen LogP contribution is -2.59. The second-order valence-corrected chi connectivity index (χ2v) is 21.1. The van der Waals surface area contributed by atoms with Gasteiger partial charge in [-0.25, -0.2) is 9.59 Å². The molecule has 19 atom stereocenters. The molecule has 4 aliphatic heterocycles. The number of likely N-dealkylation sites (N-methyl/N-ethyl adjacent to an activating group) is 2. The van der Waals surface area contributed by atoms with Crippen molar-refractivity contribution < 1.29 is 96.9 Å². The number of amides is 1. The van der Waals surface area contributed by atoms with Gasteiger partial charge < -0.3 is 83.5 Å². The summed E-state index contributed by atoms with van der Waals surface area (Å²) in [5.74, 6) is -5.57. The number of nitrogens with two attached hydrogens (primary N) is 1. The number of carbonyl (C=O) groups is 5. The average Bonchev–Trinajstić information content (AvgIpc) is 3.93. The molecule has 79 heavy (non-hydrogen) atoms. The highest BCUT2D eigenvalue weighted by Crippen LogP contribution is 2.37. The van der Waals surface area contributed by atoms with Crippen molar-refractivity contribution in [1.82, 2.24) is 19.4 Å². The molecule has 4 aliphatic rings. The summed E-state index contributed by atoms with van der Waals surface area (Å²) in [6, 6.07) is -2.60. The lowest BCUT2D eigenvalue weighted by atomic mass is 9.97. The molecule has 1 aromatic rings. The highest BCUT2D eigenvalue weighted by Gasteiger charge is 2.57. The van der Waals surface area contributed by atoms with Crippen molar-refractivity contribution in [3.05, 3.63) is 33.1 Å². The Hall–Kier alpha value is -4.49. The minimum absolute atomic E-state index is 0.215. The van der Waals surface area contributed by atoms with Crippen molar-refractivity contribution in [3.63, 3.8) is 0 Å². The van der Waals surface area contributed by atoms with Crippen LogP contribution >= 0.6 is 0 Å². The first-order chi connectivity index (χ1) is 37.6. The standard InChI is InChI=1S/C52H85N5O22/c1-9-10-11-12-13-14-15-16-17-18-19-29(74-33(59)22-27(2)23-34(60)77-51-46(72-8)45(71-7)42(70-6)28(3)73-51)24-35(61)75-31-26-55(4)37(47(66)56(5)36(31)49(67)68)43(79-50-41(65)38(62)30(25-53)76-50)44-39(63)40(64)48(78-44)57-21-20-32(58)54-52(57)69/h20-21,27-31,36-46,48,50-51,62-65H,9-19,22-26,53H2,1-8H3,(H,67,68)(H,54,58,69)/t27-,28-,29-,30+,31-,36-,37-,38+,39-,40+,41+,42-,43?,44-,45+,46+,48+,50-,51-/m0/s1. The summed E-state index contributed by atoms with van der Waals surface area (Å²) in [6.07, 6.45) is -11.3. The summed E-state index contributed by atoms with van der Waals surface area (Å²) >= 11 is 0. The third kappa shape index (κ3) is 17.0. The van der Waals surface area contributed by atoms with Gasteiger partial charge in [-0.15, -0.1) is 0 Å². The molecule has 5 rings (SSSR count). The van der Waals surface area contributed by atoms with Crippen molar-refractivity contribution in [2.24, 2.45) is 11.7 Å². The first-order valence-electron chi connectivity index (χ1n) is 27.3. The van der Waals surface area contributed by atoms with E-state index in [4.69, 9.17) is 53.1 Å². The van der Waals surface area contributed by atoms with Crippen molar-refractivity contribution in [2.45, 2.75) is 221 Å². The van der Waals surface area contributed by atoms with E-state index in [9.17, 15) is 59.1 Å². The van der Waals surface area contributed by atoms with Gasteiger partial charge in [-0.2, -0.15) is 0 Å². The Morgan fingerprint density at radius 2 is 1.37 bits per heavy atom. The lowest BCUT2D eigenvalue weighted by molar-refractivity contribution is -0.297. The molecule has 5 heterocycles. The summed E-state index contributed by atoms with van der Waals surface area (Å²) in [5.41, 5.74) is 3.94. The Kier molecular flexibility index (Phi) is 25.7. The van der Waals surface area contributed by atoms with E-state index in [1.165, 1.54) is 52.5 Å². The molecule has 450 valence electrons. The largest absolute Gasteiger partial charge is 0.480 e. The van der Waals surface area contributed by atoms with E-state index in [0.717, 1.165) is 67.3 Å². The molecular formula is C52H85N5O22. The van der Waals surface area contributed by atoms with E-state index in [-0.39, 0.29) is 25.8 Å². The van der Waals surface area contributed by atoms with E-state index in [0.29, 0.717) is 6.42 Å². The summed E-state index contributed by atoms with van der Waals surface area (Å²) in [6.45, 7) is 4.76. The SMILES string of the molecule is CCCCCCCCCCCC[C@@H](CC(=O)O[C@H]1CN(C)[C@@H](C(O[C@@H]2O[C@H](CN)[C@@H](O)[C@H]2O)[C@H]2O[C@@H](n3ccc(=O)[nH]c3=O)[C@H](O)[C@@H]2O)C(=O)N(C)[C@@H]1C(=O)O)OC(=O)C[C@H](C)CC(=O)O[C@@H]1O[C@@H](C)[C@H](OC)[C@@H](OC)[C@H]1OC. The smallest absolute Gasteiger partial charge is 0.330 e. The zero-order chi connectivity index (χ0) is 58.2. The highest BCUT2D eigenvalue weighted by atomic mass is 16.7. The van der Waals surface area contributed by atoms with Crippen LogP contribution in [0.2, 0.25) is 0 Å². The highest BCUT2D eigenvalue weighted by molar-refractivity contribution is 5.88. The number of unbranched alkanes of at least 4 members (excludes halogenated alkanes) is 9. The monoisotopic (exact) mass is 1130 g/mol. The fourth-order valence-electron chi connectivity index (χ4n) is 10.8. The zero-order valence-electron chi connectivity index (χ0n) is 46.5. The molecule has 1 aromatic heterocycles. The number of methoxy groups -OCH3 is 3. The number of aromatic nitrogens is 2. The minimum atomic E-state index is -1.97. The van der Waals surface area contributed by atoms with Crippen LogP contribution in [0.5, 0.6) is 0 Å². The molecule has 8 N–H and O–H groups in total. The van der Waals surface area contributed by atoms with Crippen LogP contribution in [0, 0.1) is 5.92 Å². The second-order valence-electron chi connectivity index (χ2n) is 21.1. The number of hydrogen-bond acceptors (Lipinski definition) is 23. The molecule has 0 aromatic carbocycles. The van der Waals surface area contributed by atoms with Gasteiger partial charge in [0.15, 0.2) is 18.6 Å². The normalized spacial score (nSPS) is 32.5. The quantitative estimate of drug-likeness (QED) is 0.0289. The molecule has 27 nitrogen and oxygen atoms in total. The van der Waals surface area contributed by atoms with Crippen molar-refractivity contribution in [1.29, 1.82) is 0 Å². The number of aliphatic hydroxyl groups is 4. The van der Waals surface area contributed by atoms with Crippen LogP contribution in [0.15, 0.2) is 21.9 Å². The van der Waals surface area contributed by atoms with Gasteiger partial charge in [-0.3, -0.25) is 38.4 Å². The van der Waals surface area contributed by atoms with Gasteiger partial charge in [-0.05, 0) is 32.7 Å². The number of nitrogens with one attached hydrogen (secondary N) is 1. The number of carboxylic acids is 1. The number of nitrogens with zero attached hydrogens (tertiary/aromatic N) is 3. The molecular weight excluding hydrogens is 1050 g/mol. The zero-order valence-corrected chi connectivity index (χ0v) is 46.5. The number of aromatic amines is 1.